The molecule has 0 saturated heterocycles. The van der Waals surface area contributed by atoms with Gasteiger partial charge in [-0.1, -0.05) is 29.4 Å². The number of aromatic nitrogens is 2. The van der Waals surface area contributed by atoms with Gasteiger partial charge in [-0.05, 0) is 56.3 Å². The van der Waals surface area contributed by atoms with Crippen LogP contribution in [0.25, 0.3) is 11.5 Å². The van der Waals surface area contributed by atoms with E-state index in [2.05, 4.69) is 15.5 Å². The van der Waals surface area contributed by atoms with Gasteiger partial charge in [0.05, 0.1) is 11.9 Å². The molecular formula is C19H18ClN3O3S. The summed E-state index contributed by atoms with van der Waals surface area (Å²) in [6, 6.07) is 14.4. The number of halogens is 1. The average molecular weight is 404 g/mol. The minimum absolute atomic E-state index is 0.160. The normalized spacial score (nSPS) is 11.8. The number of amides is 1. The fourth-order valence-corrected chi connectivity index (χ4v) is 3.12. The molecule has 3 aromatic rings. The first kappa shape index (κ1) is 19.3. The van der Waals surface area contributed by atoms with Gasteiger partial charge in [-0.25, -0.2) is 0 Å². The zero-order valence-electron chi connectivity index (χ0n) is 14.8. The largest absolute Gasteiger partial charge is 0.494 e. The number of rotatable bonds is 7. The van der Waals surface area contributed by atoms with Crippen LogP contribution in [0.1, 0.15) is 13.8 Å². The molecule has 1 heterocycles. The maximum Gasteiger partial charge on any atom is 0.277 e. The molecule has 0 aliphatic heterocycles. The molecule has 0 aliphatic rings. The molecule has 0 saturated carbocycles. The second-order valence-electron chi connectivity index (χ2n) is 5.59. The van der Waals surface area contributed by atoms with E-state index >= 15 is 0 Å². The number of ether oxygens (including phenoxy) is 1. The van der Waals surface area contributed by atoms with Crippen molar-refractivity contribution in [2.24, 2.45) is 0 Å². The van der Waals surface area contributed by atoms with Crippen LogP contribution in [0.3, 0.4) is 0 Å². The molecule has 27 heavy (non-hydrogen) atoms. The first-order chi connectivity index (χ1) is 13.0. The van der Waals surface area contributed by atoms with Gasteiger partial charge in [-0.15, -0.1) is 10.2 Å². The second-order valence-corrected chi connectivity index (χ2v) is 7.32. The number of hydrogen-bond acceptors (Lipinski definition) is 6. The summed E-state index contributed by atoms with van der Waals surface area (Å²) < 4.78 is 11.0. The van der Waals surface area contributed by atoms with Crippen molar-refractivity contribution in [1.29, 1.82) is 0 Å². The lowest BCUT2D eigenvalue weighted by atomic mass is 10.2. The quantitative estimate of drug-likeness (QED) is 0.565. The lowest BCUT2D eigenvalue weighted by molar-refractivity contribution is -0.115. The lowest BCUT2D eigenvalue weighted by Crippen LogP contribution is -2.22. The number of carbonyl (C=O) groups is 1. The number of benzene rings is 2. The Morgan fingerprint density at radius 3 is 2.74 bits per heavy atom. The molecule has 1 atom stereocenters. The highest BCUT2D eigenvalue weighted by Gasteiger charge is 2.19. The Morgan fingerprint density at radius 1 is 1.26 bits per heavy atom. The SMILES string of the molecule is CCOc1ccc(NC(=O)[C@H](C)Sc2nnc(-c3cccc(Cl)c3)o2)cc1. The van der Waals surface area contributed by atoms with Crippen LogP contribution in [0.4, 0.5) is 5.69 Å². The van der Waals surface area contributed by atoms with E-state index in [1.807, 2.05) is 31.2 Å². The minimum atomic E-state index is -0.413. The zero-order valence-corrected chi connectivity index (χ0v) is 16.4. The molecule has 1 aromatic heterocycles. The van der Waals surface area contributed by atoms with Gasteiger partial charge in [0.2, 0.25) is 11.8 Å². The van der Waals surface area contributed by atoms with Crippen LogP contribution in [0.15, 0.2) is 58.2 Å². The van der Waals surface area contributed by atoms with E-state index in [-0.39, 0.29) is 5.91 Å². The highest BCUT2D eigenvalue weighted by Crippen LogP contribution is 2.28. The molecule has 1 N–H and O–H groups in total. The molecule has 0 fully saturated rings. The van der Waals surface area contributed by atoms with Crippen molar-refractivity contribution in [2.75, 3.05) is 11.9 Å². The molecular weight excluding hydrogens is 386 g/mol. The van der Waals surface area contributed by atoms with Gasteiger partial charge in [0.1, 0.15) is 5.75 Å². The van der Waals surface area contributed by atoms with Gasteiger partial charge < -0.3 is 14.5 Å². The molecule has 2 aromatic carbocycles. The van der Waals surface area contributed by atoms with Gasteiger partial charge >= 0.3 is 0 Å². The molecule has 6 nitrogen and oxygen atoms in total. The molecule has 0 radical (unpaired) electrons. The van der Waals surface area contributed by atoms with Crippen molar-refractivity contribution in [3.8, 4) is 17.2 Å². The van der Waals surface area contributed by atoms with Crippen molar-refractivity contribution < 1.29 is 13.9 Å². The fourth-order valence-electron chi connectivity index (χ4n) is 2.25. The smallest absolute Gasteiger partial charge is 0.277 e. The first-order valence-corrected chi connectivity index (χ1v) is 9.60. The van der Waals surface area contributed by atoms with Crippen LogP contribution in [0, 0.1) is 0 Å². The molecule has 0 unspecified atom stereocenters. The van der Waals surface area contributed by atoms with Crippen LogP contribution < -0.4 is 10.1 Å². The predicted octanol–water partition coefficient (Wildman–Crippen LogP) is 4.91. The fraction of sp³-hybridized carbons (Fsp3) is 0.211. The molecule has 0 aliphatic carbocycles. The number of carbonyl (C=O) groups excluding carboxylic acids is 1. The Bertz CT molecular complexity index is 915. The van der Waals surface area contributed by atoms with E-state index in [1.54, 1.807) is 31.2 Å². The zero-order chi connectivity index (χ0) is 19.2. The van der Waals surface area contributed by atoms with E-state index in [1.165, 1.54) is 11.8 Å². The van der Waals surface area contributed by atoms with Gasteiger partial charge in [0.25, 0.3) is 5.22 Å². The van der Waals surface area contributed by atoms with Crippen LogP contribution in [-0.4, -0.2) is 28.0 Å². The molecule has 0 bridgehead atoms. The van der Waals surface area contributed by atoms with Crippen molar-refractivity contribution >= 4 is 35.0 Å². The van der Waals surface area contributed by atoms with E-state index in [0.29, 0.717) is 28.4 Å². The van der Waals surface area contributed by atoms with E-state index < -0.39 is 5.25 Å². The number of nitrogens with one attached hydrogen (secondary N) is 1. The topological polar surface area (TPSA) is 77.2 Å². The third-order valence-electron chi connectivity index (χ3n) is 3.56. The van der Waals surface area contributed by atoms with Crippen molar-refractivity contribution in [1.82, 2.24) is 10.2 Å². The van der Waals surface area contributed by atoms with E-state index in [0.717, 1.165) is 11.3 Å². The number of thioether (sulfide) groups is 1. The molecule has 140 valence electrons. The minimum Gasteiger partial charge on any atom is -0.494 e. The summed E-state index contributed by atoms with van der Waals surface area (Å²) >= 11 is 7.17. The molecule has 0 spiro atoms. The Hall–Kier alpha value is -2.51. The first-order valence-electron chi connectivity index (χ1n) is 8.35. The van der Waals surface area contributed by atoms with Gasteiger partial charge in [-0.2, -0.15) is 0 Å². The predicted molar refractivity (Wildman–Crippen MR) is 106 cm³/mol. The lowest BCUT2D eigenvalue weighted by Gasteiger charge is -2.10. The summed E-state index contributed by atoms with van der Waals surface area (Å²) in [5.74, 6) is 0.961. The third-order valence-corrected chi connectivity index (χ3v) is 4.73. The van der Waals surface area contributed by atoms with Gasteiger partial charge in [0.15, 0.2) is 0 Å². The van der Waals surface area contributed by atoms with Gasteiger partial charge in [-0.3, -0.25) is 4.79 Å². The van der Waals surface area contributed by atoms with Gasteiger partial charge in [0, 0.05) is 16.3 Å². The summed E-state index contributed by atoms with van der Waals surface area (Å²) in [4.78, 5) is 12.4. The molecule has 3 rings (SSSR count). The Kier molecular flexibility index (Phi) is 6.36. The van der Waals surface area contributed by atoms with Crippen LogP contribution in [0.5, 0.6) is 5.75 Å². The van der Waals surface area contributed by atoms with Crippen LogP contribution in [0.2, 0.25) is 5.02 Å². The monoisotopic (exact) mass is 403 g/mol. The maximum atomic E-state index is 12.4. The number of hydrogen-bond donors (Lipinski definition) is 1. The van der Waals surface area contributed by atoms with Crippen LogP contribution >= 0.6 is 23.4 Å². The third kappa shape index (κ3) is 5.24. The highest BCUT2D eigenvalue weighted by atomic mass is 35.5. The number of nitrogens with zero attached hydrogens (tertiary/aromatic N) is 2. The molecule has 1 amide bonds. The van der Waals surface area contributed by atoms with Crippen LogP contribution in [-0.2, 0) is 4.79 Å². The van der Waals surface area contributed by atoms with E-state index in [9.17, 15) is 4.79 Å². The summed E-state index contributed by atoms with van der Waals surface area (Å²) in [5, 5.41) is 11.3. The highest BCUT2D eigenvalue weighted by molar-refractivity contribution is 8.00. The maximum absolute atomic E-state index is 12.4. The van der Waals surface area contributed by atoms with Crippen molar-refractivity contribution in [2.45, 2.75) is 24.3 Å². The second kappa shape index (κ2) is 8.92. The number of anilines is 1. The summed E-state index contributed by atoms with van der Waals surface area (Å²) in [5.41, 5.74) is 1.43. The Morgan fingerprint density at radius 2 is 2.04 bits per heavy atom. The standard InChI is InChI=1S/C19H18ClN3O3S/c1-3-25-16-9-7-15(8-10-16)21-17(24)12(2)27-19-23-22-18(26-19)13-5-4-6-14(20)11-13/h4-12H,3H2,1-2H3,(H,21,24)/t12-/m0/s1. The van der Waals surface area contributed by atoms with E-state index in [4.69, 9.17) is 20.8 Å². The summed E-state index contributed by atoms with van der Waals surface area (Å²) in [7, 11) is 0. The molecule has 8 heteroatoms. The summed E-state index contributed by atoms with van der Waals surface area (Å²) in [6.45, 7) is 4.29. The van der Waals surface area contributed by atoms with Crippen molar-refractivity contribution in [3.63, 3.8) is 0 Å². The Labute approximate surface area is 166 Å². The summed E-state index contributed by atoms with van der Waals surface area (Å²) in [6.07, 6.45) is 0. The Balaban J connectivity index is 1.59. The van der Waals surface area contributed by atoms with Crippen molar-refractivity contribution in [3.05, 3.63) is 53.6 Å². The average Bonchev–Trinajstić information content (AvgIpc) is 3.12.